The molecule has 194 valence electrons. The molecule has 4 heterocycles. The van der Waals surface area contributed by atoms with Crippen molar-refractivity contribution in [1.29, 1.82) is 0 Å². The highest BCUT2D eigenvalue weighted by atomic mass is 19.1. The van der Waals surface area contributed by atoms with Crippen LogP contribution in [0.25, 0.3) is 55.8 Å². The lowest BCUT2D eigenvalue weighted by Gasteiger charge is -2.09. The van der Waals surface area contributed by atoms with Gasteiger partial charge in [0.25, 0.3) is 0 Å². The summed E-state index contributed by atoms with van der Waals surface area (Å²) in [5.74, 6) is -0.478. The molecule has 8 nitrogen and oxygen atoms in total. The van der Waals surface area contributed by atoms with Crippen molar-refractivity contribution < 1.29 is 13.6 Å². The average Bonchev–Trinajstić information content (AvgIpc) is 3.53. The van der Waals surface area contributed by atoms with Crippen molar-refractivity contribution in [3.05, 3.63) is 78.8 Å². The van der Waals surface area contributed by atoms with Gasteiger partial charge in [-0.25, -0.2) is 18.7 Å². The van der Waals surface area contributed by atoms with Crippen LogP contribution in [0.1, 0.15) is 20.3 Å². The summed E-state index contributed by atoms with van der Waals surface area (Å²) in [5, 5.41) is 10.3. The Bertz CT molecular complexity index is 1860. The highest BCUT2D eigenvalue weighted by molar-refractivity contribution is 5.98. The first-order valence-corrected chi connectivity index (χ1v) is 12.4. The van der Waals surface area contributed by atoms with Crippen LogP contribution in [0, 0.1) is 17.6 Å². The van der Waals surface area contributed by atoms with E-state index in [1.54, 1.807) is 48.8 Å². The molecule has 0 fully saturated rings. The Morgan fingerprint density at radius 1 is 1.03 bits per heavy atom. The van der Waals surface area contributed by atoms with Crippen LogP contribution in [0.4, 0.5) is 14.5 Å². The lowest BCUT2D eigenvalue weighted by Crippen LogP contribution is -2.14. The van der Waals surface area contributed by atoms with Gasteiger partial charge in [-0.15, -0.1) is 0 Å². The van der Waals surface area contributed by atoms with Gasteiger partial charge >= 0.3 is 0 Å². The van der Waals surface area contributed by atoms with Crippen LogP contribution in [0.2, 0.25) is 0 Å². The van der Waals surface area contributed by atoms with E-state index >= 15 is 4.39 Å². The van der Waals surface area contributed by atoms with E-state index in [2.05, 4.69) is 35.5 Å². The van der Waals surface area contributed by atoms with E-state index < -0.39 is 5.82 Å². The molecular weight excluding hydrogens is 500 g/mol. The molecular formula is C29H23F2N7O. The maximum atomic E-state index is 16.1. The number of benzene rings is 2. The fourth-order valence-corrected chi connectivity index (χ4v) is 4.63. The molecule has 3 N–H and O–H groups in total. The number of anilines is 1. The van der Waals surface area contributed by atoms with Crippen LogP contribution in [-0.4, -0.2) is 36.0 Å². The van der Waals surface area contributed by atoms with Crippen molar-refractivity contribution in [3.63, 3.8) is 0 Å². The quantitative estimate of drug-likeness (QED) is 0.231. The number of pyridine rings is 2. The Morgan fingerprint density at radius 3 is 2.72 bits per heavy atom. The number of aromatic nitrogens is 6. The van der Waals surface area contributed by atoms with Gasteiger partial charge in [-0.2, -0.15) is 5.10 Å². The molecule has 6 aromatic rings. The van der Waals surface area contributed by atoms with Gasteiger partial charge in [0.15, 0.2) is 11.5 Å². The van der Waals surface area contributed by atoms with E-state index in [0.29, 0.717) is 56.9 Å². The van der Waals surface area contributed by atoms with Crippen LogP contribution >= 0.6 is 0 Å². The number of nitrogens with zero attached hydrogens (tertiary/aromatic N) is 4. The third kappa shape index (κ3) is 4.61. The van der Waals surface area contributed by atoms with E-state index in [1.807, 2.05) is 13.8 Å². The number of rotatable bonds is 6. The number of H-pyrrole nitrogens is 2. The number of halogens is 2. The highest BCUT2D eigenvalue weighted by Crippen LogP contribution is 2.35. The molecule has 4 aromatic heterocycles. The first kappa shape index (κ1) is 24.4. The number of amides is 1. The van der Waals surface area contributed by atoms with Crippen LogP contribution < -0.4 is 5.32 Å². The van der Waals surface area contributed by atoms with E-state index in [-0.39, 0.29) is 28.7 Å². The van der Waals surface area contributed by atoms with Crippen LogP contribution in [-0.2, 0) is 4.79 Å². The number of aromatic amines is 2. The van der Waals surface area contributed by atoms with Crippen LogP contribution in [0.15, 0.2) is 67.1 Å². The van der Waals surface area contributed by atoms with Crippen molar-refractivity contribution in [2.45, 2.75) is 20.3 Å². The first-order chi connectivity index (χ1) is 18.9. The van der Waals surface area contributed by atoms with Gasteiger partial charge in [-0.1, -0.05) is 26.0 Å². The highest BCUT2D eigenvalue weighted by Gasteiger charge is 2.21. The van der Waals surface area contributed by atoms with Crippen LogP contribution in [0.3, 0.4) is 0 Å². The summed E-state index contributed by atoms with van der Waals surface area (Å²) in [6, 6.07) is 13.0. The summed E-state index contributed by atoms with van der Waals surface area (Å²) in [7, 11) is 0. The fraction of sp³-hybridized carbons (Fsp3) is 0.138. The lowest BCUT2D eigenvalue weighted by atomic mass is 10.0. The molecule has 39 heavy (non-hydrogen) atoms. The summed E-state index contributed by atoms with van der Waals surface area (Å²) in [5.41, 5.74) is 4.40. The van der Waals surface area contributed by atoms with Gasteiger partial charge in [-0.05, 0) is 47.9 Å². The zero-order valence-corrected chi connectivity index (χ0v) is 21.1. The molecule has 0 aliphatic rings. The van der Waals surface area contributed by atoms with Gasteiger partial charge in [0.2, 0.25) is 5.91 Å². The molecule has 0 saturated carbocycles. The molecule has 6 rings (SSSR count). The zero-order chi connectivity index (χ0) is 27.1. The molecule has 0 atom stereocenters. The summed E-state index contributed by atoms with van der Waals surface area (Å²) >= 11 is 0. The number of imidazole rings is 1. The molecule has 10 heteroatoms. The van der Waals surface area contributed by atoms with Crippen molar-refractivity contribution in [1.82, 2.24) is 30.1 Å². The summed E-state index contributed by atoms with van der Waals surface area (Å²) in [6.07, 6.45) is 5.03. The van der Waals surface area contributed by atoms with Gasteiger partial charge in [0.05, 0.1) is 28.3 Å². The molecule has 0 aliphatic heterocycles. The second kappa shape index (κ2) is 9.71. The minimum atomic E-state index is -0.512. The number of carbonyl (C=O) groups excluding carboxylic acids is 1. The Morgan fingerprint density at radius 2 is 1.90 bits per heavy atom. The smallest absolute Gasteiger partial charge is 0.224 e. The van der Waals surface area contributed by atoms with Crippen molar-refractivity contribution in [3.8, 4) is 33.8 Å². The first-order valence-electron chi connectivity index (χ1n) is 12.4. The molecule has 0 spiro atoms. The monoisotopic (exact) mass is 523 g/mol. The summed E-state index contributed by atoms with van der Waals surface area (Å²) < 4.78 is 30.0. The maximum Gasteiger partial charge on any atom is 0.224 e. The Kier molecular flexibility index (Phi) is 6.07. The summed E-state index contributed by atoms with van der Waals surface area (Å²) in [4.78, 5) is 28.5. The minimum Gasteiger partial charge on any atom is -0.335 e. The summed E-state index contributed by atoms with van der Waals surface area (Å²) in [6.45, 7) is 3.92. The second-order valence-corrected chi connectivity index (χ2v) is 9.68. The fourth-order valence-electron chi connectivity index (χ4n) is 4.63. The molecule has 1 amide bonds. The molecule has 0 aliphatic carbocycles. The van der Waals surface area contributed by atoms with Crippen molar-refractivity contribution in [2.24, 2.45) is 5.92 Å². The topological polar surface area (TPSA) is 112 Å². The largest absolute Gasteiger partial charge is 0.335 e. The number of nitrogens with one attached hydrogen (secondary N) is 3. The molecule has 2 aromatic carbocycles. The number of carbonyl (C=O) groups is 1. The van der Waals surface area contributed by atoms with Gasteiger partial charge in [0, 0.05) is 35.5 Å². The number of fused-ring (bicyclic) bond motifs is 2. The van der Waals surface area contributed by atoms with Crippen molar-refractivity contribution >= 4 is 33.7 Å². The van der Waals surface area contributed by atoms with Crippen molar-refractivity contribution in [2.75, 3.05) is 5.32 Å². The molecule has 0 saturated heterocycles. The SMILES string of the molecule is CC(C)CC(=O)Nc1cncc(-c2ccc3[nH]nc(-c4nc5nccc(-c6cccc(F)c6)c5[nH]4)c3c2F)c1. The van der Waals surface area contributed by atoms with E-state index in [1.165, 1.54) is 18.3 Å². The molecule has 0 radical (unpaired) electrons. The standard InChI is InChI=1S/C29H23F2N7O/c1-15(2)10-23(39)34-19-12-17(13-32-14-19)20-6-7-22-24(25(20)31)27(38-37-22)29-35-26-21(8-9-33-28(26)36-29)16-4-3-5-18(30)11-16/h3-9,11-15H,10H2,1-2H3,(H,34,39)(H,37,38)(H,33,35,36). The Hall–Kier alpha value is -4.99. The number of hydrogen-bond donors (Lipinski definition) is 3. The third-order valence-electron chi connectivity index (χ3n) is 6.35. The zero-order valence-electron chi connectivity index (χ0n) is 21.1. The van der Waals surface area contributed by atoms with Crippen LogP contribution in [0.5, 0.6) is 0 Å². The van der Waals surface area contributed by atoms with E-state index in [4.69, 9.17) is 0 Å². The number of hydrogen-bond acceptors (Lipinski definition) is 5. The Labute approximate surface area is 221 Å². The second-order valence-electron chi connectivity index (χ2n) is 9.68. The average molecular weight is 524 g/mol. The van der Waals surface area contributed by atoms with E-state index in [0.717, 1.165) is 0 Å². The molecule has 0 bridgehead atoms. The van der Waals surface area contributed by atoms with Gasteiger partial charge in [-0.3, -0.25) is 14.9 Å². The predicted molar refractivity (Wildman–Crippen MR) is 146 cm³/mol. The van der Waals surface area contributed by atoms with E-state index in [9.17, 15) is 9.18 Å². The minimum absolute atomic E-state index is 0.131. The Balaban J connectivity index is 1.42. The normalized spacial score (nSPS) is 11.5. The predicted octanol–water partition coefficient (Wildman–Crippen LogP) is 6.49. The maximum absolute atomic E-state index is 16.1. The van der Waals surface area contributed by atoms with Gasteiger partial charge < -0.3 is 10.3 Å². The lowest BCUT2D eigenvalue weighted by molar-refractivity contribution is -0.116. The van der Waals surface area contributed by atoms with Gasteiger partial charge in [0.1, 0.15) is 17.3 Å². The molecule has 0 unspecified atom stereocenters. The third-order valence-corrected chi connectivity index (χ3v) is 6.35.